The number of ether oxygens (including phenoxy) is 2. The Morgan fingerprint density at radius 3 is 2.48 bits per heavy atom. The highest BCUT2D eigenvalue weighted by molar-refractivity contribution is 5.99. The van der Waals surface area contributed by atoms with Crippen molar-refractivity contribution < 1.29 is 9.47 Å². The van der Waals surface area contributed by atoms with Gasteiger partial charge in [0.25, 0.3) is 0 Å². The van der Waals surface area contributed by atoms with Gasteiger partial charge in [-0.2, -0.15) is 0 Å². The van der Waals surface area contributed by atoms with Crippen molar-refractivity contribution in [3.05, 3.63) is 70.7 Å². The molecule has 1 atom stereocenters. The summed E-state index contributed by atoms with van der Waals surface area (Å²) in [7, 11) is 3.71. The first kappa shape index (κ1) is 32.8. The van der Waals surface area contributed by atoms with Crippen LogP contribution in [0.3, 0.4) is 0 Å². The van der Waals surface area contributed by atoms with Gasteiger partial charge in [-0.3, -0.25) is 0 Å². The van der Waals surface area contributed by atoms with Crippen LogP contribution in [0.4, 0.5) is 17.2 Å². The molecule has 5 rings (SSSR count). The number of aryl methyl sites for hydroxylation is 2. The van der Waals surface area contributed by atoms with Crippen LogP contribution in [0.2, 0.25) is 0 Å². The summed E-state index contributed by atoms with van der Waals surface area (Å²) in [6, 6.07) is 9.77. The maximum Gasteiger partial charge on any atom is 0.219 e. The second-order valence-corrected chi connectivity index (χ2v) is 11.4. The number of unbranched alkanes of at least 4 members (excludes halogenated alkanes) is 1. The van der Waals surface area contributed by atoms with Gasteiger partial charge in [0, 0.05) is 51.4 Å². The third-order valence-electron chi connectivity index (χ3n) is 8.03. The molecule has 236 valence electrons. The number of anilines is 2. The minimum atomic E-state index is 0.310. The van der Waals surface area contributed by atoms with E-state index in [1.807, 2.05) is 57.4 Å². The molecule has 0 bridgehead atoms. The van der Waals surface area contributed by atoms with E-state index in [-0.39, 0.29) is 0 Å². The van der Waals surface area contributed by atoms with Crippen molar-refractivity contribution in [3.8, 4) is 17.4 Å². The Morgan fingerprint density at radius 1 is 1.09 bits per heavy atom. The fourth-order valence-corrected chi connectivity index (χ4v) is 5.29. The Balaban J connectivity index is 0.000000818. The number of nitrogens with two attached hydrogens (primary N) is 2. The van der Waals surface area contributed by atoms with Gasteiger partial charge in [0.05, 0.1) is 24.7 Å². The number of pyridine rings is 2. The van der Waals surface area contributed by atoms with Crippen molar-refractivity contribution in [3.63, 3.8) is 0 Å². The number of fused-ring (bicyclic) bond motifs is 1. The number of aromatic nitrogens is 2. The van der Waals surface area contributed by atoms with Gasteiger partial charge in [-0.25, -0.2) is 15.0 Å². The van der Waals surface area contributed by atoms with Crippen molar-refractivity contribution in [2.45, 2.75) is 53.4 Å². The number of hydrogen-bond donors (Lipinski definition) is 3. The van der Waals surface area contributed by atoms with Crippen molar-refractivity contribution in [1.29, 1.82) is 0 Å². The zero-order valence-corrected chi connectivity index (χ0v) is 27.3. The molecule has 0 aliphatic carbocycles. The number of piperazine rings is 1. The normalized spacial score (nSPS) is 16.5. The minimum absolute atomic E-state index is 0.310. The number of benzene rings is 1. The van der Waals surface area contributed by atoms with Crippen LogP contribution in [0.25, 0.3) is 0 Å². The van der Waals surface area contributed by atoms with E-state index in [0.717, 1.165) is 72.5 Å². The van der Waals surface area contributed by atoms with Gasteiger partial charge in [0.2, 0.25) is 5.88 Å². The van der Waals surface area contributed by atoms with Gasteiger partial charge >= 0.3 is 0 Å². The maximum atomic E-state index is 6.50. The molecule has 2 aliphatic heterocycles. The second kappa shape index (κ2) is 15.0. The molecule has 0 saturated carbocycles. The van der Waals surface area contributed by atoms with Crippen LogP contribution in [0.15, 0.2) is 53.3 Å². The van der Waals surface area contributed by atoms with E-state index < -0.39 is 0 Å². The van der Waals surface area contributed by atoms with Crippen molar-refractivity contribution in [2.24, 2.45) is 16.5 Å². The van der Waals surface area contributed by atoms with E-state index in [2.05, 4.69) is 47.1 Å². The van der Waals surface area contributed by atoms with E-state index in [4.69, 9.17) is 30.9 Å². The van der Waals surface area contributed by atoms with Crippen LogP contribution < -0.4 is 36.1 Å². The van der Waals surface area contributed by atoms with Gasteiger partial charge in [0.15, 0.2) is 11.6 Å². The first-order chi connectivity index (χ1) is 21.2. The Kier molecular flexibility index (Phi) is 11.2. The molecule has 1 unspecified atom stereocenters. The number of allylic oxidation sites excluding steroid dienone is 1. The SMILES string of the molecule is CCCCN.COc1cc(C)c(C(N)=Nc2ccc(Oc3cc4c(cn3)N(C)C=C(C)C4C)c(C)c2)nc1N1CCNCC1. The number of nitrogens with one attached hydrogen (secondary N) is 1. The van der Waals surface area contributed by atoms with Crippen LogP contribution in [0.5, 0.6) is 17.4 Å². The van der Waals surface area contributed by atoms with E-state index in [9.17, 15) is 0 Å². The number of aliphatic imine (C=N–C) groups is 1. The first-order valence-electron chi connectivity index (χ1n) is 15.4. The van der Waals surface area contributed by atoms with Crippen molar-refractivity contribution >= 4 is 23.0 Å². The fourth-order valence-electron chi connectivity index (χ4n) is 5.29. The highest BCUT2D eigenvalue weighted by Gasteiger charge is 2.22. The smallest absolute Gasteiger partial charge is 0.219 e. The van der Waals surface area contributed by atoms with Crippen molar-refractivity contribution in [1.82, 2.24) is 15.3 Å². The molecule has 5 N–H and O–H groups in total. The first-order valence-corrected chi connectivity index (χ1v) is 15.4. The zero-order valence-electron chi connectivity index (χ0n) is 27.3. The molecule has 10 nitrogen and oxygen atoms in total. The third-order valence-corrected chi connectivity index (χ3v) is 8.03. The molecule has 2 aliphatic rings. The summed E-state index contributed by atoms with van der Waals surface area (Å²) in [6.45, 7) is 14.8. The average Bonchev–Trinajstić information content (AvgIpc) is 3.02. The number of methoxy groups -OCH3 is 1. The number of amidine groups is 1. The molecule has 44 heavy (non-hydrogen) atoms. The lowest BCUT2D eigenvalue weighted by atomic mass is 9.91. The largest absolute Gasteiger partial charge is 0.493 e. The molecule has 1 saturated heterocycles. The molecule has 0 amide bonds. The van der Waals surface area contributed by atoms with Crippen molar-refractivity contribution in [2.75, 3.05) is 56.7 Å². The number of rotatable bonds is 8. The molecule has 3 aromatic rings. The summed E-state index contributed by atoms with van der Waals surface area (Å²) < 4.78 is 11.8. The molecule has 1 aromatic carbocycles. The number of nitrogens with zero attached hydrogens (tertiary/aromatic N) is 5. The van der Waals surface area contributed by atoms with E-state index in [0.29, 0.717) is 23.3 Å². The van der Waals surface area contributed by atoms with E-state index >= 15 is 0 Å². The molecule has 1 fully saturated rings. The Labute approximate surface area is 262 Å². The van der Waals surface area contributed by atoms with Gasteiger partial charge < -0.3 is 36.1 Å². The van der Waals surface area contributed by atoms with Crippen LogP contribution >= 0.6 is 0 Å². The highest BCUT2D eigenvalue weighted by atomic mass is 16.5. The van der Waals surface area contributed by atoms with Gasteiger partial charge in [-0.05, 0) is 80.3 Å². The molecule has 2 aromatic heterocycles. The van der Waals surface area contributed by atoms with Gasteiger partial charge in [-0.1, -0.05) is 20.3 Å². The molecule has 10 heteroatoms. The molecule has 4 heterocycles. The van der Waals surface area contributed by atoms with Crippen LogP contribution in [0, 0.1) is 13.8 Å². The summed E-state index contributed by atoms with van der Waals surface area (Å²) in [5, 5.41) is 3.37. The summed E-state index contributed by atoms with van der Waals surface area (Å²) in [5.74, 6) is 3.50. The molecule has 0 radical (unpaired) electrons. The zero-order chi connectivity index (χ0) is 31.8. The minimum Gasteiger partial charge on any atom is -0.493 e. The van der Waals surface area contributed by atoms with Crippen LogP contribution in [-0.2, 0) is 0 Å². The third kappa shape index (κ3) is 7.67. The Hall–Kier alpha value is -4.15. The summed E-state index contributed by atoms with van der Waals surface area (Å²) in [6.07, 6.45) is 6.41. The second-order valence-electron chi connectivity index (χ2n) is 11.4. The van der Waals surface area contributed by atoms with Crippen LogP contribution in [-0.4, -0.2) is 62.7 Å². The molecular formula is C34H48N8O2. The standard InChI is InChI=1S/C30H37N7O2.C4H11N/c1-18-13-22(7-8-25(18)39-27-15-23-21(4)20(3)17-36(5)24(23)16-33-27)34-29(31)28-19(2)14-26(38-6)30(35-28)37-11-9-32-10-12-37;1-2-3-4-5/h7-8,13-17,21,32H,9-12H2,1-6H3,(H2,31,34);2-5H2,1H3. The summed E-state index contributed by atoms with van der Waals surface area (Å²) in [4.78, 5) is 18.5. The molecular weight excluding hydrogens is 552 g/mol. The fraction of sp³-hybridized carbons (Fsp3) is 0.441. The van der Waals surface area contributed by atoms with E-state index in [1.54, 1.807) is 7.11 Å². The maximum absolute atomic E-state index is 6.50. The summed E-state index contributed by atoms with van der Waals surface area (Å²) >= 11 is 0. The lowest BCUT2D eigenvalue weighted by Gasteiger charge is -2.30. The topological polar surface area (TPSA) is 127 Å². The Bertz CT molecular complexity index is 1490. The number of hydrogen-bond acceptors (Lipinski definition) is 9. The van der Waals surface area contributed by atoms with Gasteiger partial charge in [-0.15, -0.1) is 0 Å². The predicted molar refractivity (Wildman–Crippen MR) is 181 cm³/mol. The van der Waals surface area contributed by atoms with E-state index in [1.165, 1.54) is 24.0 Å². The quantitative estimate of drug-likeness (QED) is 0.225. The van der Waals surface area contributed by atoms with Crippen LogP contribution in [0.1, 0.15) is 61.9 Å². The summed E-state index contributed by atoms with van der Waals surface area (Å²) in [5.41, 5.74) is 18.5. The predicted octanol–water partition coefficient (Wildman–Crippen LogP) is 5.54. The van der Waals surface area contributed by atoms with Gasteiger partial charge in [0.1, 0.15) is 17.3 Å². The monoisotopic (exact) mass is 600 g/mol. The Morgan fingerprint density at radius 2 is 1.84 bits per heavy atom. The average molecular weight is 601 g/mol. The lowest BCUT2D eigenvalue weighted by molar-refractivity contribution is 0.410. The lowest BCUT2D eigenvalue weighted by Crippen LogP contribution is -2.44. The highest BCUT2D eigenvalue weighted by Crippen LogP contribution is 2.39. The molecule has 0 spiro atoms.